The second-order valence-electron chi connectivity index (χ2n) is 4.93. The average Bonchev–Trinajstić information content (AvgIpc) is 2.60. The summed E-state index contributed by atoms with van der Waals surface area (Å²) in [7, 11) is 0. The molecule has 1 aromatic carbocycles. The zero-order valence-electron chi connectivity index (χ0n) is 11.0. The number of benzene rings is 1. The average molecular weight is 287 g/mol. The zero-order chi connectivity index (χ0) is 13.7. The lowest BCUT2D eigenvalue weighted by molar-refractivity contribution is 0.195. The Morgan fingerprint density at radius 1 is 1.16 bits per heavy atom. The van der Waals surface area contributed by atoms with Crippen molar-refractivity contribution in [3.05, 3.63) is 34.6 Å². The van der Waals surface area contributed by atoms with Crippen molar-refractivity contribution in [2.75, 3.05) is 39.3 Å². The van der Waals surface area contributed by atoms with Crippen molar-refractivity contribution < 1.29 is 9.50 Å². The largest absolute Gasteiger partial charge is 0.395 e. The number of halogens is 2. The summed E-state index contributed by atoms with van der Waals surface area (Å²) < 4.78 is 13.7. The van der Waals surface area contributed by atoms with E-state index in [0.717, 1.165) is 39.1 Å². The van der Waals surface area contributed by atoms with Crippen LogP contribution in [0, 0.1) is 5.82 Å². The molecule has 0 amide bonds. The van der Waals surface area contributed by atoms with Crippen molar-refractivity contribution >= 4 is 11.6 Å². The standard InChI is InChI=1S/C14H20ClFN2O/c15-13-2-3-14(16)12(10-13)11-18-5-1-4-17(6-7-18)8-9-19/h2-3,10,19H,1,4-9,11H2. The molecule has 5 heteroatoms. The molecule has 0 saturated carbocycles. The molecule has 106 valence electrons. The van der Waals surface area contributed by atoms with Gasteiger partial charge in [-0.1, -0.05) is 11.6 Å². The monoisotopic (exact) mass is 286 g/mol. The lowest BCUT2D eigenvalue weighted by Crippen LogP contribution is -2.32. The summed E-state index contributed by atoms with van der Waals surface area (Å²) in [5.74, 6) is -0.194. The van der Waals surface area contributed by atoms with Gasteiger partial charge in [0.25, 0.3) is 0 Å². The number of β-amino-alcohol motifs (C(OH)–C–C–N with tert-alkyl or cyclic N) is 1. The van der Waals surface area contributed by atoms with E-state index in [2.05, 4.69) is 9.80 Å². The van der Waals surface area contributed by atoms with E-state index in [1.165, 1.54) is 6.07 Å². The highest BCUT2D eigenvalue weighted by atomic mass is 35.5. The third-order valence-corrected chi connectivity index (χ3v) is 3.73. The quantitative estimate of drug-likeness (QED) is 0.917. The summed E-state index contributed by atoms with van der Waals surface area (Å²) in [6, 6.07) is 4.70. The van der Waals surface area contributed by atoms with Crippen LogP contribution in [0.25, 0.3) is 0 Å². The van der Waals surface area contributed by atoms with Crippen LogP contribution in [-0.2, 0) is 6.54 Å². The molecule has 1 heterocycles. The van der Waals surface area contributed by atoms with Gasteiger partial charge in [0.2, 0.25) is 0 Å². The van der Waals surface area contributed by atoms with Gasteiger partial charge < -0.3 is 5.11 Å². The summed E-state index contributed by atoms with van der Waals surface area (Å²) in [4.78, 5) is 4.49. The molecule has 1 N–H and O–H groups in total. The highest BCUT2D eigenvalue weighted by molar-refractivity contribution is 6.30. The van der Waals surface area contributed by atoms with E-state index in [1.54, 1.807) is 12.1 Å². The minimum absolute atomic E-state index is 0.194. The van der Waals surface area contributed by atoms with Crippen LogP contribution in [0.4, 0.5) is 4.39 Å². The van der Waals surface area contributed by atoms with Crippen LogP contribution in [0.1, 0.15) is 12.0 Å². The third kappa shape index (κ3) is 4.42. The second kappa shape index (κ2) is 7.20. The van der Waals surface area contributed by atoms with Crippen molar-refractivity contribution in [3.8, 4) is 0 Å². The summed E-state index contributed by atoms with van der Waals surface area (Å²) in [6.07, 6.45) is 1.04. The SMILES string of the molecule is OCCN1CCCN(Cc2cc(Cl)ccc2F)CC1. The van der Waals surface area contributed by atoms with Gasteiger partial charge in [0.05, 0.1) is 6.61 Å². The molecule has 19 heavy (non-hydrogen) atoms. The van der Waals surface area contributed by atoms with E-state index in [1.807, 2.05) is 0 Å². The van der Waals surface area contributed by atoms with Gasteiger partial charge in [-0.15, -0.1) is 0 Å². The predicted octanol–water partition coefficient (Wildman–Crippen LogP) is 1.98. The molecule has 0 atom stereocenters. The van der Waals surface area contributed by atoms with Gasteiger partial charge in [-0.3, -0.25) is 9.80 Å². The van der Waals surface area contributed by atoms with Crippen LogP contribution < -0.4 is 0 Å². The second-order valence-corrected chi connectivity index (χ2v) is 5.37. The molecular formula is C14H20ClFN2O. The maximum Gasteiger partial charge on any atom is 0.127 e. The molecule has 1 aromatic rings. The fraction of sp³-hybridized carbons (Fsp3) is 0.571. The topological polar surface area (TPSA) is 26.7 Å². The minimum Gasteiger partial charge on any atom is -0.395 e. The van der Waals surface area contributed by atoms with Crippen LogP contribution in [0.2, 0.25) is 5.02 Å². The molecule has 2 rings (SSSR count). The number of hydrogen-bond acceptors (Lipinski definition) is 3. The molecule has 0 bridgehead atoms. The Balaban J connectivity index is 1.94. The molecule has 3 nitrogen and oxygen atoms in total. The van der Waals surface area contributed by atoms with E-state index in [9.17, 15) is 4.39 Å². The third-order valence-electron chi connectivity index (χ3n) is 3.50. The molecule has 0 spiro atoms. The first-order chi connectivity index (χ1) is 9.19. The van der Waals surface area contributed by atoms with Gasteiger partial charge in [-0.2, -0.15) is 0 Å². The minimum atomic E-state index is -0.194. The van der Waals surface area contributed by atoms with E-state index in [-0.39, 0.29) is 12.4 Å². The van der Waals surface area contributed by atoms with Crippen molar-refractivity contribution in [3.63, 3.8) is 0 Å². The predicted molar refractivity (Wildman–Crippen MR) is 74.8 cm³/mol. The molecule has 0 unspecified atom stereocenters. The highest BCUT2D eigenvalue weighted by Crippen LogP contribution is 2.17. The fourth-order valence-electron chi connectivity index (χ4n) is 2.45. The Labute approximate surface area is 118 Å². The first kappa shape index (κ1) is 14.7. The Kier molecular flexibility index (Phi) is 5.58. The van der Waals surface area contributed by atoms with Crippen molar-refractivity contribution in [1.82, 2.24) is 9.80 Å². The number of aliphatic hydroxyl groups is 1. The number of hydrogen-bond donors (Lipinski definition) is 1. The summed E-state index contributed by atoms with van der Waals surface area (Å²) >= 11 is 5.91. The van der Waals surface area contributed by atoms with Crippen LogP contribution in [0.3, 0.4) is 0 Å². The molecule has 0 aromatic heterocycles. The number of rotatable bonds is 4. The molecule has 0 aliphatic carbocycles. The molecule has 1 fully saturated rings. The van der Waals surface area contributed by atoms with Gasteiger partial charge >= 0.3 is 0 Å². The smallest absolute Gasteiger partial charge is 0.127 e. The van der Waals surface area contributed by atoms with Gasteiger partial charge in [0, 0.05) is 36.8 Å². The molecule has 1 saturated heterocycles. The van der Waals surface area contributed by atoms with E-state index >= 15 is 0 Å². The van der Waals surface area contributed by atoms with Crippen molar-refractivity contribution in [2.24, 2.45) is 0 Å². The summed E-state index contributed by atoms with van der Waals surface area (Å²) in [5.41, 5.74) is 0.656. The zero-order valence-corrected chi connectivity index (χ0v) is 11.7. The number of aliphatic hydroxyl groups excluding tert-OH is 1. The Bertz CT molecular complexity index is 416. The van der Waals surface area contributed by atoms with Crippen LogP contribution in [0.15, 0.2) is 18.2 Å². The summed E-state index contributed by atoms with van der Waals surface area (Å²) in [6.45, 7) is 5.28. The first-order valence-corrected chi connectivity index (χ1v) is 7.06. The van der Waals surface area contributed by atoms with Gasteiger partial charge in [-0.25, -0.2) is 4.39 Å². The van der Waals surface area contributed by atoms with Crippen LogP contribution in [-0.4, -0.2) is 54.2 Å². The Hall–Kier alpha value is -0.680. The van der Waals surface area contributed by atoms with Crippen LogP contribution in [0.5, 0.6) is 0 Å². The molecular weight excluding hydrogens is 267 g/mol. The van der Waals surface area contributed by atoms with Gasteiger partial charge in [0.15, 0.2) is 0 Å². The van der Waals surface area contributed by atoms with E-state index in [0.29, 0.717) is 17.1 Å². The van der Waals surface area contributed by atoms with Crippen molar-refractivity contribution in [2.45, 2.75) is 13.0 Å². The maximum atomic E-state index is 13.7. The van der Waals surface area contributed by atoms with E-state index in [4.69, 9.17) is 16.7 Å². The summed E-state index contributed by atoms with van der Waals surface area (Å²) in [5, 5.41) is 9.54. The van der Waals surface area contributed by atoms with E-state index < -0.39 is 0 Å². The normalized spacial score (nSPS) is 18.5. The van der Waals surface area contributed by atoms with Crippen LogP contribution >= 0.6 is 11.6 Å². The Morgan fingerprint density at radius 3 is 2.68 bits per heavy atom. The number of nitrogens with zero attached hydrogens (tertiary/aromatic N) is 2. The fourth-order valence-corrected chi connectivity index (χ4v) is 2.65. The van der Waals surface area contributed by atoms with Gasteiger partial charge in [-0.05, 0) is 37.7 Å². The van der Waals surface area contributed by atoms with Crippen molar-refractivity contribution in [1.29, 1.82) is 0 Å². The maximum absolute atomic E-state index is 13.7. The lowest BCUT2D eigenvalue weighted by atomic mass is 10.2. The highest BCUT2D eigenvalue weighted by Gasteiger charge is 2.15. The molecule has 1 aliphatic rings. The molecule has 1 aliphatic heterocycles. The first-order valence-electron chi connectivity index (χ1n) is 6.68. The Morgan fingerprint density at radius 2 is 1.89 bits per heavy atom. The van der Waals surface area contributed by atoms with Gasteiger partial charge in [0.1, 0.15) is 5.82 Å². The molecule has 0 radical (unpaired) electrons. The lowest BCUT2D eigenvalue weighted by Gasteiger charge is -2.21.